The van der Waals surface area contributed by atoms with Crippen LogP contribution in [0.1, 0.15) is 74.4 Å². The lowest BCUT2D eigenvalue weighted by Gasteiger charge is -2.48. The molecule has 2 aliphatic carbocycles. The van der Waals surface area contributed by atoms with Crippen molar-refractivity contribution < 1.29 is 27.5 Å². The molecule has 1 spiro atoms. The molecule has 0 bridgehead atoms. The summed E-state index contributed by atoms with van der Waals surface area (Å²) in [6.07, 6.45) is 10.3. The van der Waals surface area contributed by atoms with E-state index in [1.54, 1.807) is 25.3 Å². The fraction of sp³-hybridized carbons (Fsp3) is 0.529. The molecule has 1 fully saturated rings. The van der Waals surface area contributed by atoms with Gasteiger partial charge in [0.1, 0.15) is 11.4 Å². The number of carbonyl (C=O) groups is 2. The summed E-state index contributed by atoms with van der Waals surface area (Å²) in [5.74, 6) is 0.109. The number of nitrogens with one attached hydrogen (secondary N) is 1. The molecule has 1 N–H and O–H groups in total. The second-order valence-corrected chi connectivity index (χ2v) is 15.4. The highest BCUT2D eigenvalue weighted by molar-refractivity contribution is 7.90. The second kappa shape index (κ2) is 12.9. The normalized spacial score (nSPS) is 24.5. The predicted octanol–water partition coefficient (Wildman–Crippen LogP) is 5.86. The Morgan fingerprint density at radius 1 is 1.25 bits per heavy atom. The molecule has 0 aromatic heterocycles. The molecule has 1 unspecified atom stereocenters. The lowest BCUT2D eigenvalue weighted by molar-refractivity contribution is -0.135. The van der Waals surface area contributed by atoms with Gasteiger partial charge in [-0.2, -0.15) is 0 Å². The van der Waals surface area contributed by atoms with Gasteiger partial charge in [-0.25, -0.2) is 13.1 Å². The molecule has 238 valence electrons. The molecule has 0 radical (unpaired) electrons. The predicted molar refractivity (Wildman–Crippen MR) is 173 cm³/mol. The molecule has 3 aliphatic rings. The minimum Gasteiger partial charge on any atom is -0.490 e. The molecule has 1 heterocycles. The average Bonchev–Trinajstić information content (AvgIpc) is 3.13. The van der Waals surface area contributed by atoms with Gasteiger partial charge in [-0.15, -0.1) is 0 Å². The lowest BCUT2D eigenvalue weighted by atomic mass is 9.64. The number of allylic oxidation sites excluding steroid dienone is 1. The van der Waals surface area contributed by atoms with Gasteiger partial charge in [0.05, 0.1) is 17.5 Å². The van der Waals surface area contributed by atoms with Crippen LogP contribution >= 0.6 is 11.6 Å². The van der Waals surface area contributed by atoms with E-state index in [0.717, 1.165) is 50.5 Å². The van der Waals surface area contributed by atoms with E-state index in [1.165, 1.54) is 25.0 Å². The first-order valence-corrected chi connectivity index (χ1v) is 17.5. The van der Waals surface area contributed by atoms with Gasteiger partial charge in [-0.1, -0.05) is 30.7 Å². The largest absolute Gasteiger partial charge is 0.490 e. The van der Waals surface area contributed by atoms with Crippen molar-refractivity contribution in [3.63, 3.8) is 0 Å². The second-order valence-electron chi connectivity index (χ2n) is 12.7. The van der Waals surface area contributed by atoms with Crippen molar-refractivity contribution in [3.8, 4) is 5.75 Å². The zero-order valence-electron chi connectivity index (χ0n) is 26.0. The van der Waals surface area contributed by atoms with Crippen molar-refractivity contribution in [1.29, 1.82) is 0 Å². The fourth-order valence-electron chi connectivity index (χ4n) is 7.05. The standard InChI is InChI=1S/C34H43ClN2O6S/c1-5-6-16-34(21-38,42-4)29-12-9-26(29)19-37-20-33(15-7-8-24-17-27(35)11-13-28(24)33)22-43-31-14-10-25(18-30(31)37)32(39)36-44(40,41)23(2)3/h6,10-11,13-14,16-18,21,23,26,29H,5,7-9,12,15,19-20,22H2,1-4H3,(H,36,39)/b16-6+/t26-,29+,33-,34?/m0/s1. The topological polar surface area (TPSA) is 102 Å². The first-order valence-electron chi connectivity index (χ1n) is 15.5. The third-order valence-electron chi connectivity index (χ3n) is 9.76. The summed E-state index contributed by atoms with van der Waals surface area (Å²) in [5.41, 5.74) is 2.11. The number of amides is 1. The molecule has 10 heteroatoms. The Balaban J connectivity index is 1.54. The fourth-order valence-corrected chi connectivity index (χ4v) is 7.85. The summed E-state index contributed by atoms with van der Waals surface area (Å²) in [6.45, 7) is 6.81. The first kappa shape index (κ1) is 32.5. The lowest BCUT2D eigenvalue weighted by Crippen LogP contribution is -2.53. The van der Waals surface area contributed by atoms with E-state index in [0.29, 0.717) is 30.5 Å². The number of benzene rings is 2. The van der Waals surface area contributed by atoms with Gasteiger partial charge in [0.2, 0.25) is 10.0 Å². The molecule has 8 nitrogen and oxygen atoms in total. The zero-order valence-corrected chi connectivity index (χ0v) is 27.5. The number of sulfonamides is 1. The number of hydrogen-bond acceptors (Lipinski definition) is 7. The summed E-state index contributed by atoms with van der Waals surface area (Å²) >= 11 is 6.40. The Labute approximate surface area is 266 Å². The summed E-state index contributed by atoms with van der Waals surface area (Å²) in [7, 11) is -2.22. The van der Waals surface area contributed by atoms with Crippen LogP contribution in [0.25, 0.3) is 0 Å². The van der Waals surface area contributed by atoms with Crippen LogP contribution in [-0.4, -0.2) is 58.3 Å². The van der Waals surface area contributed by atoms with Gasteiger partial charge < -0.3 is 14.4 Å². The minimum absolute atomic E-state index is 0.00325. The number of methoxy groups -OCH3 is 1. The molecule has 1 saturated carbocycles. The molecule has 4 atom stereocenters. The number of carbonyl (C=O) groups excluding carboxylic acids is 2. The maximum Gasteiger partial charge on any atom is 0.264 e. The Bertz CT molecular complexity index is 1540. The van der Waals surface area contributed by atoms with Crippen molar-refractivity contribution >= 4 is 39.5 Å². The van der Waals surface area contributed by atoms with E-state index in [-0.39, 0.29) is 22.8 Å². The van der Waals surface area contributed by atoms with E-state index < -0.39 is 26.8 Å². The Morgan fingerprint density at radius 3 is 2.70 bits per heavy atom. The minimum atomic E-state index is -3.81. The number of hydrogen-bond donors (Lipinski definition) is 1. The highest BCUT2D eigenvalue weighted by atomic mass is 35.5. The molecule has 2 aromatic rings. The van der Waals surface area contributed by atoms with Crippen LogP contribution in [0.5, 0.6) is 5.75 Å². The SMILES string of the molecule is CC/C=C/C(C=O)(OC)[C@@H]1CC[C@H]1CN1C[C@@]2(CCCc3cc(Cl)ccc32)COc2ccc(C(=O)NS(=O)(=O)C(C)C)cc21. The number of rotatable bonds is 10. The van der Waals surface area contributed by atoms with E-state index in [1.807, 2.05) is 25.1 Å². The quantitative estimate of drug-likeness (QED) is 0.256. The van der Waals surface area contributed by atoms with Crippen molar-refractivity contribution in [1.82, 2.24) is 4.72 Å². The van der Waals surface area contributed by atoms with Gasteiger partial charge >= 0.3 is 0 Å². The summed E-state index contributed by atoms with van der Waals surface area (Å²) in [4.78, 5) is 27.9. The Kier molecular flexibility index (Phi) is 9.50. The molecule has 0 saturated heterocycles. The van der Waals surface area contributed by atoms with Crippen molar-refractivity contribution in [3.05, 3.63) is 70.3 Å². The molecular formula is C34H43ClN2O6S. The summed E-state index contributed by atoms with van der Waals surface area (Å²) in [5, 5.41) is -0.0345. The van der Waals surface area contributed by atoms with Gasteiger partial charge in [0, 0.05) is 42.1 Å². The number of anilines is 1. The monoisotopic (exact) mass is 642 g/mol. The highest BCUT2D eigenvalue weighted by Crippen LogP contribution is 2.48. The summed E-state index contributed by atoms with van der Waals surface area (Å²) in [6, 6.07) is 11.2. The molecule has 5 rings (SSSR count). The van der Waals surface area contributed by atoms with Crippen LogP contribution in [0, 0.1) is 11.8 Å². The third kappa shape index (κ3) is 6.15. The third-order valence-corrected chi connectivity index (χ3v) is 11.7. The van der Waals surface area contributed by atoms with Crippen LogP contribution in [0.15, 0.2) is 48.6 Å². The van der Waals surface area contributed by atoms with Crippen molar-refractivity contribution in [2.45, 2.75) is 75.6 Å². The molecular weight excluding hydrogens is 600 g/mol. The molecule has 2 aromatic carbocycles. The van der Waals surface area contributed by atoms with Crippen LogP contribution in [-0.2, 0) is 31.4 Å². The van der Waals surface area contributed by atoms with E-state index in [2.05, 4.69) is 21.8 Å². The highest BCUT2D eigenvalue weighted by Gasteiger charge is 2.49. The number of ether oxygens (including phenoxy) is 2. The van der Waals surface area contributed by atoms with E-state index in [9.17, 15) is 18.0 Å². The van der Waals surface area contributed by atoms with Crippen LogP contribution in [0.3, 0.4) is 0 Å². The van der Waals surface area contributed by atoms with Crippen LogP contribution in [0.2, 0.25) is 5.02 Å². The van der Waals surface area contributed by atoms with Crippen molar-refractivity contribution in [2.24, 2.45) is 11.8 Å². The van der Waals surface area contributed by atoms with Gasteiger partial charge in [-0.3, -0.25) is 9.59 Å². The number of nitrogens with zero attached hydrogens (tertiary/aromatic N) is 1. The van der Waals surface area contributed by atoms with Crippen LogP contribution in [0.4, 0.5) is 5.69 Å². The maximum atomic E-state index is 13.2. The zero-order chi connectivity index (χ0) is 31.7. The smallest absolute Gasteiger partial charge is 0.264 e. The Hall–Kier alpha value is -2.88. The van der Waals surface area contributed by atoms with Gasteiger partial charge in [-0.05, 0) is 106 Å². The average molecular weight is 643 g/mol. The van der Waals surface area contributed by atoms with Crippen LogP contribution < -0.4 is 14.4 Å². The Morgan fingerprint density at radius 2 is 2.05 bits per heavy atom. The first-order chi connectivity index (χ1) is 21.0. The van der Waals surface area contributed by atoms with Crippen molar-refractivity contribution in [2.75, 3.05) is 31.7 Å². The number of halogens is 1. The van der Waals surface area contributed by atoms with Gasteiger partial charge in [0.15, 0.2) is 6.29 Å². The number of aldehydes is 1. The number of aryl methyl sites for hydroxylation is 1. The van der Waals surface area contributed by atoms with Gasteiger partial charge in [0.25, 0.3) is 5.91 Å². The summed E-state index contributed by atoms with van der Waals surface area (Å²) < 4.78 is 39.6. The van der Waals surface area contributed by atoms with E-state index in [4.69, 9.17) is 21.1 Å². The molecule has 1 amide bonds. The molecule has 1 aliphatic heterocycles. The number of fused-ring (bicyclic) bond motifs is 3. The maximum absolute atomic E-state index is 13.2. The molecule has 44 heavy (non-hydrogen) atoms. The van der Waals surface area contributed by atoms with E-state index >= 15 is 0 Å².